The first-order chi connectivity index (χ1) is 19.9. The number of halogens is 1. The molecule has 1 atom stereocenters. The van der Waals surface area contributed by atoms with Gasteiger partial charge in [0.25, 0.3) is 0 Å². The predicted octanol–water partition coefficient (Wildman–Crippen LogP) is 6.90. The second-order valence-corrected chi connectivity index (χ2v) is 9.95. The van der Waals surface area contributed by atoms with Crippen LogP contribution in [0, 0.1) is 11.3 Å². The third kappa shape index (κ3) is 7.65. The number of methoxy groups -OCH3 is 1. The van der Waals surface area contributed by atoms with Crippen molar-refractivity contribution in [2.24, 2.45) is 5.73 Å². The number of hydrogen-bond donors (Lipinski definition) is 1. The lowest BCUT2D eigenvalue weighted by atomic mass is 9.83. The van der Waals surface area contributed by atoms with Crippen molar-refractivity contribution < 1.29 is 28.5 Å². The molecule has 0 aromatic heterocycles. The van der Waals surface area contributed by atoms with Gasteiger partial charge in [0, 0.05) is 16.7 Å². The Bertz CT molecular complexity index is 1450. The number of fused-ring (bicyclic) bond motifs is 1. The van der Waals surface area contributed by atoms with Crippen LogP contribution in [-0.2, 0) is 4.79 Å². The molecular weight excluding hydrogens is 544 g/mol. The quantitative estimate of drug-likeness (QED) is 0.133. The molecule has 4 rings (SSSR count). The molecule has 1 heterocycles. The standard InChI is InChI=1S/C32H33ClN2O6/c1-3-4-5-6-7-15-38-27-14-11-21(16-29(27)37-2)31-25-13-12-24(18-28(25)41-32(35)26(31)19-34)40-30(36)20-39-23-10-8-9-22(33)17-23/h8-14,16-18,31H,3-7,15,20,35H2,1-2H3. The number of hydrogen-bond acceptors (Lipinski definition) is 8. The predicted molar refractivity (Wildman–Crippen MR) is 156 cm³/mol. The molecule has 1 aliphatic rings. The summed E-state index contributed by atoms with van der Waals surface area (Å²) in [5, 5.41) is 10.4. The molecule has 41 heavy (non-hydrogen) atoms. The smallest absolute Gasteiger partial charge is 0.349 e. The lowest BCUT2D eigenvalue weighted by molar-refractivity contribution is -0.136. The summed E-state index contributed by atoms with van der Waals surface area (Å²) >= 11 is 5.95. The van der Waals surface area contributed by atoms with Crippen molar-refractivity contribution in [3.8, 4) is 34.8 Å². The van der Waals surface area contributed by atoms with Gasteiger partial charge < -0.3 is 29.4 Å². The third-order valence-corrected chi connectivity index (χ3v) is 6.84. The molecule has 1 unspecified atom stereocenters. The Hall–Kier alpha value is -4.35. The summed E-state index contributed by atoms with van der Waals surface area (Å²) in [7, 11) is 1.58. The minimum atomic E-state index is -0.607. The Balaban J connectivity index is 1.50. The number of rotatable bonds is 13. The van der Waals surface area contributed by atoms with E-state index in [1.807, 2.05) is 18.2 Å². The molecule has 0 amide bonds. The summed E-state index contributed by atoms with van der Waals surface area (Å²) in [5.74, 6) is 1.12. The van der Waals surface area contributed by atoms with Crippen molar-refractivity contribution in [2.75, 3.05) is 20.3 Å². The normalized spacial score (nSPS) is 14.0. The second kappa shape index (κ2) is 14.3. The number of nitrogens with zero attached hydrogens (tertiary/aromatic N) is 1. The molecule has 0 radical (unpaired) electrons. The molecule has 8 nitrogen and oxygen atoms in total. The number of esters is 1. The average molecular weight is 577 g/mol. The van der Waals surface area contributed by atoms with Crippen molar-refractivity contribution in [1.29, 1.82) is 5.26 Å². The Morgan fingerprint density at radius 3 is 2.59 bits per heavy atom. The Kier molecular flexibility index (Phi) is 10.4. The van der Waals surface area contributed by atoms with E-state index >= 15 is 0 Å². The fraction of sp³-hybridized carbons (Fsp3) is 0.312. The van der Waals surface area contributed by atoms with E-state index in [-0.39, 0.29) is 23.8 Å². The van der Waals surface area contributed by atoms with Gasteiger partial charge >= 0.3 is 5.97 Å². The molecule has 1 aliphatic heterocycles. The van der Waals surface area contributed by atoms with Crippen LogP contribution in [0.15, 0.2) is 72.1 Å². The van der Waals surface area contributed by atoms with Crippen molar-refractivity contribution in [3.05, 3.63) is 88.3 Å². The third-order valence-electron chi connectivity index (χ3n) is 6.60. The van der Waals surface area contributed by atoms with Gasteiger partial charge in [0.15, 0.2) is 18.1 Å². The van der Waals surface area contributed by atoms with Crippen LogP contribution >= 0.6 is 11.6 Å². The summed E-state index contributed by atoms with van der Waals surface area (Å²) < 4.78 is 28.3. The average Bonchev–Trinajstić information content (AvgIpc) is 2.97. The maximum Gasteiger partial charge on any atom is 0.349 e. The summed E-state index contributed by atoms with van der Waals surface area (Å²) in [4.78, 5) is 12.4. The van der Waals surface area contributed by atoms with Crippen LogP contribution < -0.4 is 29.4 Å². The zero-order valence-corrected chi connectivity index (χ0v) is 23.9. The highest BCUT2D eigenvalue weighted by Crippen LogP contribution is 2.45. The van der Waals surface area contributed by atoms with Gasteiger partial charge in [0.2, 0.25) is 5.88 Å². The van der Waals surface area contributed by atoms with Crippen molar-refractivity contribution in [1.82, 2.24) is 0 Å². The Morgan fingerprint density at radius 1 is 1.00 bits per heavy atom. The maximum absolute atomic E-state index is 12.4. The van der Waals surface area contributed by atoms with E-state index in [2.05, 4.69) is 13.0 Å². The van der Waals surface area contributed by atoms with E-state index in [0.29, 0.717) is 40.2 Å². The van der Waals surface area contributed by atoms with E-state index in [9.17, 15) is 10.1 Å². The van der Waals surface area contributed by atoms with Crippen LogP contribution in [0.25, 0.3) is 0 Å². The zero-order valence-electron chi connectivity index (χ0n) is 23.2. The fourth-order valence-electron chi connectivity index (χ4n) is 4.57. The van der Waals surface area contributed by atoms with E-state index in [1.165, 1.54) is 19.3 Å². The fourth-order valence-corrected chi connectivity index (χ4v) is 4.75. The molecule has 0 bridgehead atoms. The molecule has 0 aliphatic carbocycles. The number of carbonyl (C=O) groups excluding carboxylic acids is 1. The first-order valence-electron chi connectivity index (χ1n) is 13.5. The van der Waals surface area contributed by atoms with Gasteiger partial charge in [-0.05, 0) is 48.4 Å². The molecule has 3 aromatic carbocycles. The van der Waals surface area contributed by atoms with Crippen LogP contribution in [0.4, 0.5) is 0 Å². The first kappa shape index (κ1) is 29.6. The van der Waals surface area contributed by atoms with Gasteiger partial charge in [0.05, 0.1) is 19.6 Å². The number of carbonyl (C=O) groups is 1. The molecule has 0 spiro atoms. The number of ether oxygens (including phenoxy) is 5. The lowest BCUT2D eigenvalue weighted by Gasteiger charge is -2.27. The lowest BCUT2D eigenvalue weighted by Crippen LogP contribution is -2.22. The van der Waals surface area contributed by atoms with Gasteiger partial charge in [-0.3, -0.25) is 0 Å². The van der Waals surface area contributed by atoms with Crippen LogP contribution in [0.2, 0.25) is 5.02 Å². The monoisotopic (exact) mass is 576 g/mol. The molecule has 214 valence electrons. The van der Waals surface area contributed by atoms with Gasteiger partial charge in [-0.25, -0.2) is 4.79 Å². The summed E-state index contributed by atoms with van der Waals surface area (Å²) in [6, 6.07) is 19.4. The Morgan fingerprint density at radius 2 is 1.83 bits per heavy atom. The maximum atomic E-state index is 12.4. The zero-order chi connectivity index (χ0) is 29.2. The highest BCUT2D eigenvalue weighted by molar-refractivity contribution is 6.30. The molecular formula is C32H33ClN2O6. The highest BCUT2D eigenvalue weighted by Gasteiger charge is 2.31. The molecule has 2 N–H and O–H groups in total. The largest absolute Gasteiger partial charge is 0.493 e. The van der Waals surface area contributed by atoms with E-state index in [0.717, 1.165) is 18.4 Å². The number of unbranched alkanes of at least 4 members (excludes halogenated alkanes) is 4. The van der Waals surface area contributed by atoms with E-state index < -0.39 is 11.9 Å². The second-order valence-electron chi connectivity index (χ2n) is 9.52. The van der Waals surface area contributed by atoms with Crippen molar-refractivity contribution in [3.63, 3.8) is 0 Å². The number of nitriles is 1. The SMILES string of the molecule is CCCCCCCOc1ccc(C2C(C#N)=C(N)Oc3cc(OC(=O)COc4cccc(Cl)c4)ccc32)cc1OC. The topological polar surface area (TPSA) is 113 Å². The molecule has 0 saturated heterocycles. The van der Waals surface area contributed by atoms with Gasteiger partial charge in [-0.15, -0.1) is 0 Å². The molecule has 9 heteroatoms. The van der Waals surface area contributed by atoms with E-state index in [4.69, 9.17) is 41.0 Å². The van der Waals surface area contributed by atoms with E-state index in [1.54, 1.807) is 49.6 Å². The molecule has 0 saturated carbocycles. The van der Waals surface area contributed by atoms with Crippen molar-refractivity contribution in [2.45, 2.75) is 44.9 Å². The highest BCUT2D eigenvalue weighted by atomic mass is 35.5. The minimum absolute atomic E-state index is 0.0239. The number of benzene rings is 3. The summed E-state index contributed by atoms with van der Waals surface area (Å²) in [5.41, 5.74) is 7.90. The minimum Gasteiger partial charge on any atom is -0.493 e. The van der Waals surface area contributed by atoms with Crippen molar-refractivity contribution >= 4 is 17.6 Å². The van der Waals surface area contributed by atoms with Crippen LogP contribution in [-0.4, -0.2) is 26.3 Å². The van der Waals surface area contributed by atoms with Crippen LogP contribution in [0.1, 0.15) is 56.1 Å². The molecule has 0 fully saturated rings. The van der Waals surface area contributed by atoms with Crippen LogP contribution in [0.3, 0.4) is 0 Å². The molecule has 3 aromatic rings. The van der Waals surface area contributed by atoms with Gasteiger partial charge in [-0.1, -0.05) is 62.4 Å². The number of nitrogens with two attached hydrogens (primary N) is 1. The van der Waals surface area contributed by atoms with Crippen LogP contribution in [0.5, 0.6) is 28.7 Å². The first-order valence-corrected chi connectivity index (χ1v) is 13.9. The summed E-state index contributed by atoms with van der Waals surface area (Å²) in [6.45, 7) is 2.48. The number of allylic oxidation sites excluding steroid dienone is 1. The Labute approximate surface area is 245 Å². The van der Waals surface area contributed by atoms with Gasteiger partial charge in [0.1, 0.15) is 28.9 Å². The van der Waals surface area contributed by atoms with Gasteiger partial charge in [-0.2, -0.15) is 5.26 Å². The summed E-state index contributed by atoms with van der Waals surface area (Å²) in [6.07, 6.45) is 5.71.